The Balaban J connectivity index is 2.06. The molecule has 3 heteroatoms. The van der Waals surface area contributed by atoms with Gasteiger partial charge < -0.3 is 15.0 Å². The molecule has 0 aliphatic rings. The quantitative estimate of drug-likeness (QED) is 0.658. The van der Waals surface area contributed by atoms with E-state index in [1.165, 1.54) is 17.7 Å². The number of rotatable bonds is 10. The Labute approximate surface area is 118 Å². The molecular weight excluding hydrogens is 236 g/mol. The van der Waals surface area contributed by atoms with Crippen LogP contribution in [0.3, 0.4) is 0 Å². The second kappa shape index (κ2) is 9.82. The van der Waals surface area contributed by atoms with Crippen LogP contribution in [-0.4, -0.2) is 39.9 Å². The number of aryl methyl sites for hydroxylation is 1. The van der Waals surface area contributed by atoms with Gasteiger partial charge in [-0.15, -0.1) is 0 Å². The predicted octanol–water partition coefficient (Wildman–Crippen LogP) is 2.84. The van der Waals surface area contributed by atoms with E-state index < -0.39 is 0 Å². The number of unbranched alkanes of at least 4 members (excludes halogenated alkanes) is 1. The summed E-state index contributed by atoms with van der Waals surface area (Å²) in [5.41, 5.74) is 2.59. The molecule has 1 aromatic rings. The van der Waals surface area contributed by atoms with E-state index in [2.05, 4.69) is 55.4 Å². The summed E-state index contributed by atoms with van der Waals surface area (Å²) in [7, 11) is 2.13. The van der Waals surface area contributed by atoms with Gasteiger partial charge in [0.2, 0.25) is 0 Å². The van der Waals surface area contributed by atoms with Crippen LogP contribution in [0.5, 0.6) is 0 Å². The molecule has 0 heterocycles. The van der Waals surface area contributed by atoms with Crippen molar-refractivity contribution in [1.82, 2.24) is 5.32 Å². The Morgan fingerprint density at radius 3 is 2.79 bits per heavy atom. The maximum Gasteiger partial charge on any atom is 0.0590 e. The van der Waals surface area contributed by atoms with Crippen LogP contribution in [0.2, 0.25) is 0 Å². The molecular formula is C16H28N2O. The SMILES string of the molecule is CCCCOCCNCCN(C)c1cccc(C)c1. The van der Waals surface area contributed by atoms with Crippen LogP contribution in [-0.2, 0) is 4.74 Å². The van der Waals surface area contributed by atoms with Gasteiger partial charge in [-0.2, -0.15) is 0 Å². The van der Waals surface area contributed by atoms with Crippen molar-refractivity contribution < 1.29 is 4.74 Å². The van der Waals surface area contributed by atoms with Gasteiger partial charge in [-0.05, 0) is 31.0 Å². The van der Waals surface area contributed by atoms with E-state index in [0.29, 0.717) is 0 Å². The standard InChI is InChI=1S/C16H28N2O/c1-4-5-12-19-13-10-17-9-11-18(3)16-8-6-7-15(2)14-16/h6-8,14,17H,4-5,9-13H2,1-3H3. The van der Waals surface area contributed by atoms with Gasteiger partial charge in [-0.1, -0.05) is 25.5 Å². The van der Waals surface area contributed by atoms with Gasteiger partial charge in [0.05, 0.1) is 6.61 Å². The lowest BCUT2D eigenvalue weighted by Crippen LogP contribution is -2.31. The fourth-order valence-electron chi connectivity index (χ4n) is 1.86. The first-order valence-corrected chi connectivity index (χ1v) is 7.30. The summed E-state index contributed by atoms with van der Waals surface area (Å²) in [6.45, 7) is 8.95. The van der Waals surface area contributed by atoms with Crippen molar-refractivity contribution in [3.8, 4) is 0 Å². The van der Waals surface area contributed by atoms with E-state index in [0.717, 1.165) is 39.3 Å². The zero-order valence-electron chi connectivity index (χ0n) is 12.6. The monoisotopic (exact) mass is 264 g/mol. The summed E-state index contributed by atoms with van der Waals surface area (Å²) >= 11 is 0. The molecule has 0 fully saturated rings. The molecule has 0 aliphatic carbocycles. The Bertz CT molecular complexity index is 341. The lowest BCUT2D eigenvalue weighted by Gasteiger charge is -2.20. The Kier molecular flexibility index (Phi) is 8.26. The summed E-state index contributed by atoms with van der Waals surface area (Å²) < 4.78 is 5.51. The highest BCUT2D eigenvalue weighted by atomic mass is 16.5. The number of ether oxygens (including phenoxy) is 1. The van der Waals surface area contributed by atoms with E-state index in [1.54, 1.807) is 0 Å². The summed E-state index contributed by atoms with van der Waals surface area (Å²) in [5, 5.41) is 3.41. The Hall–Kier alpha value is -1.06. The second-order valence-corrected chi connectivity index (χ2v) is 4.98. The molecule has 1 aromatic carbocycles. The highest BCUT2D eigenvalue weighted by Crippen LogP contribution is 2.13. The number of nitrogens with one attached hydrogen (secondary N) is 1. The van der Waals surface area contributed by atoms with Crippen LogP contribution in [0.4, 0.5) is 5.69 Å². The molecule has 0 saturated heterocycles. The fraction of sp³-hybridized carbons (Fsp3) is 0.625. The molecule has 1 rings (SSSR count). The summed E-state index contributed by atoms with van der Waals surface area (Å²) in [6.07, 6.45) is 2.37. The maximum absolute atomic E-state index is 5.51. The van der Waals surface area contributed by atoms with Crippen molar-refractivity contribution in [3.05, 3.63) is 29.8 Å². The van der Waals surface area contributed by atoms with Gasteiger partial charge in [0.15, 0.2) is 0 Å². The molecule has 108 valence electrons. The topological polar surface area (TPSA) is 24.5 Å². The van der Waals surface area contributed by atoms with E-state index >= 15 is 0 Å². The highest BCUT2D eigenvalue weighted by Gasteiger charge is 1.99. The minimum Gasteiger partial charge on any atom is -0.380 e. The van der Waals surface area contributed by atoms with Gasteiger partial charge in [-0.25, -0.2) is 0 Å². The van der Waals surface area contributed by atoms with Crippen molar-refractivity contribution in [2.24, 2.45) is 0 Å². The summed E-state index contributed by atoms with van der Waals surface area (Å²) in [6, 6.07) is 8.61. The molecule has 0 radical (unpaired) electrons. The van der Waals surface area contributed by atoms with Crippen molar-refractivity contribution >= 4 is 5.69 Å². The molecule has 0 unspecified atom stereocenters. The molecule has 0 spiro atoms. The molecule has 0 atom stereocenters. The number of anilines is 1. The third-order valence-corrected chi connectivity index (χ3v) is 3.13. The first-order valence-electron chi connectivity index (χ1n) is 7.30. The van der Waals surface area contributed by atoms with E-state index in [4.69, 9.17) is 4.74 Å². The second-order valence-electron chi connectivity index (χ2n) is 4.98. The average Bonchev–Trinajstić information content (AvgIpc) is 2.41. The van der Waals surface area contributed by atoms with Gasteiger partial charge in [0.25, 0.3) is 0 Å². The number of likely N-dealkylation sites (N-methyl/N-ethyl adjacent to an activating group) is 1. The van der Waals surface area contributed by atoms with Gasteiger partial charge in [-0.3, -0.25) is 0 Å². The smallest absolute Gasteiger partial charge is 0.0590 e. The highest BCUT2D eigenvalue weighted by molar-refractivity contribution is 5.47. The minimum absolute atomic E-state index is 0.814. The molecule has 0 saturated carbocycles. The molecule has 0 bridgehead atoms. The molecule has 0 aromatic heterocycles. The van der Waals surface area contributed by atoms with E-state index in [-0.39, 0.29) is 0 Å². The van der Waals surface area contributed by atoms with Crippen LogP contribution >= 0.6 is 0 Å². The summed E-state index contributed by atoms with van der Waals surface area (Å²) in [5.74, 6) is 0. The third kappa shape index (κ3) is 7.19. The van der Waals surface area contributed by atoms with E-state index in [9.17, 15) is 0 Å². The fourth-order valence-corrected chi connectivity index (χ4v) is 1.86. The Morgan fingerprint density at radius 2 is 2.05 bits per heavy atom. The normalized spacial score (nSPS) is 10.7. The van der Waals surface area contributed by atoms with Crippen LogP contribution in [0.25, 0.3) is 0 Å². The molecule has 0 aliphatic heterocycles. The first kappa shape index (κ1) is 16.0. The number of hydrogen-bond donors (Lipinski definition) is 1. The van der Waals surface area contributed by atoms with E-state index in [1.807, 2.05) is 0 Å². The van der Waals surface area contributed by atoms with Gasteiger partial charge in [0, 0.05) is 39.0 Å². The molecule has 3 nitrogen and oxygen atoms in total. The number of benzene rings is 1. The minimum atomic E-state index is 0.814. The molecule has 19 heavy (non-hydrogen) atoms. The zero-order chi connectivity index (χ0) is 13.9. The van der Waals surface area contributed by atoms with Crippen molar-refractivity contribution in [2.75, 3.05) is 44.8 Å². The maximum atomic E-state index is 5.51. The van der Waals surface area contributed by atoms with Crippen LogP contribution < -0.4 is 10.2 Å². The molecule has 0 amide bonds. The number of hydrogen-bond acceptors (Lipinski definition) is 3. The molecule has 1 N–H and O–H groups in total. The van der Waals surface area contributed by atoms with Crippen molar-refractivity contribution in [1.29, 1.82) is 0 Å². The Morgan fingerprint density at radius 1 is 1.21 bits per heavy atom. The number of nitrogens with zero attached hydrogens (tertiary/aromatic N) is 1. The summed E-state index contributed by atoms with van der Waals surface area (Å²) in [4.78, 5) is 2.28. The van der Waals surface area contributed by atoms with Crippen LogP contribution in [0, 0.1) is 6.92 Å². The zero-order valence-corrected chi connectivity index (χ0v) is 12.6. The predicted molar refractivity (Wildman–Crippen MR) is 83.0 cm³/mol. The lowest BCUT2D eigenvalue weighted by atomic mass is 10.2. The van der Waals surface area contributed by atoms with Crippen LogP contribution in [0.1, 0.15) is 25.3 Å². The van der Waals surface area contributed by atoms with Gasteiger partial charge >= 0.3 is 0 Å². The van der Waals surface area contributed by atoms with Gasteiger partial charge in [0.1, 0.15) is 0 Å². The van der Waals surface area contributed by atoms with Crippen molar-refractivity contribution in [2.45, 2.75) is 26.7 Å². The van der Waals surface area contributed by atoms with Crippen LogP contribution in [0.15, 0.2) is 24.3 Å². The van der Waals surface area contributed by atoms with Crippen molar-refractivity contribution in [3.63, 3.8) is 0 Å². The first-order chi connectivity index (χ1) is 9.24. The third-order valence-electron chi connectivity index (χ3n) is 3.13. The average molecular weight is 264 g/mol. The largest absolute Gasteiger partial charge is 0.380 e. The lowest BCUT2D eigenvalue weighted by molar-refractivity contribution is 0.133.